The van der Waals surface area contributed by atoms with Crippen molar-refractivity contribution in [2.24, 2.45) is 11.7 Å². The topological polar surface area (TPSA) is 55.1 Å². The summed E-state index contributed by atoms with van der Waals surface area (Å²) in [6.07, 6.45) is 2.71. The van der Waals surface area contributed by atoms with Gasteiger partial charge in [-0.25, -0.2) is 0 Å². The molecular formula is C16H23BrN2O. The monoisotopic (exact) mass is 338 g/mol. The number of hydrogen-bond donors (Lipinski definition) is 2. The van der Waals surface area contributed by atoms with Crippen LogP contribution < -0.4 is 11.1 Å². The Balaban J connectivity index is 1.91. The molecule has 0 aromatic heterocycles. The van der Waals surface area contributed by atoms with Crippen molar-refractivity contribution < 1.29 is 4.79 Å². The summed E-state index contributed by atoms with van der Waals surface area (Å²) < 4.78 is 1.07. The zero-order chi connectivity index (χ0) is 14.8. The van der Waals surface area contributed by atoms with Gasteiger partial charge in [0.05, 0.1) is 0 Å². The molecule has 0 aliphatic heterocycles. The van der Waals surface area contributed by atoms with E-state index in [0.717, 1.165) is 23.7 Å². The van der Waals surface area contributed by atoms with Gasteiger partial charge in [-0.3, -0.25) is 4.79 Å². The maximum atomic E-state index is 12.1. The molecule has 0 spiro atoms. The van der Waals surface area contributed by atoms with Crippen molar-refractivity contribution in [3.63, 3.8) is 0 Å². The number of benzene rings is 1. The number of nitrogens with two attached hydrogens (primary N) is 1. The number of carbonyl (C=O) groups excluding carboxylic acids is 1. The molecular weight excluding hydrogens is 316 g/mol. The highest BCUT2D eigenvalue weighted by Gasteiger charge is 2.29. The molecule has 1 aromatic rings. The maximum Gasteiger partial charge on any atom is 0.223 e. The molecule has 0 heterocycles. The lowest BCUT2D eigenvalue weighted by molar-refractivity contribution is -0.125. The molecule has 2 atom stereocenters. The lowest BCUT2D eigenvalue weighted by Gasteiger charge is -2.26. The van der Waals surface area contributed by atoms with Crippen LogP contribution in [-0.4, -0.2) is 18.5 Å². The van der Waals surface area contributed by atoms with Crippen molar-refractivity contribution in [1.29, 1.82) is 0 Å². The third-order valence-electron chi connectivity index (χ3n) is 4.17. The van der Waals surface area contributed by atoms with E-state index in [0.29, 0.717) is 6.54 Å². The van der Waals surface area contributed by atoms with Gasteiger partial charge in [0.2, 0.25) is 5.91 Å². The second kappa shape index (κ2) is 6.27. The predicted octanol–water partition coefficient (Wildman–Crippen LogP) is 2.97. The number of amides is 1. The Labute approximate surface area is 129 Å². The average Bonchev–Trinajstić information content (AvgIpc) is 2.83. The molecule has 0 saturated heterocycles. The molecule has 0 radical (unpaired) electrons. The van der Waals surface area contributed by atoms with Crippen molar-refractivity contribution in [3.05, 3.63) is 34.3 Å². The molecule has 1 fully saturated rings. The van der Waals surface area contributed by atoms with E-state index in [-0.39, 0.29) is 23.3 Å². The largest absolute Gasteiger partial charge is 0.355 e. The molecule has 4 heteroatoms. The number of hydrogen-bond acceptors (Lipinski definition) is 2. The van der Waals surface area contributed by atoms with E-state index < -0.39 is 0 Å². The van der Waals surface area contributed by atoms with E-state index in [2.05, 4.69) is 47.2 Å². The van der Waals surface area contributed by atoms with E-state index in [1.807, 2.05) is 12.1 Å². The number of carbonyl (C=O) groups is 1. The van der Waals surface area contributed by atoms with Crippen LogP contribution in [0.25, 0.3) is 0 Å². The standard InChI is InChI=1S/C16H23BrN2O/c1-16(2,12-4-6-13(17)7-5-12)10-19-15(20)11-3-8-14(18)9-11/h4-7,11,14H,3,8-10,18H2,1-2H3,(H,19,20). The second-order valence-electron chi connectivity index (χ2n) is 6.38. The van der Waals surface area contributed by atoms with Crippen molar-refractivity contribution in [1.82, 2.24) is 5.32 Å². The molecule has 1 aliphatic carbocycles. The molecule has 1 amide bonds. The Morgan fingerprint density at radius 1 is 1.35 bits per heavy atom. The molecule has 3 nitrogen and oxygen atoms in total. The molecule has 110 valence electrons. The van der Waals surface area contributed by atoms with Crippen molar-refractivity contribution >= 4 is 21.8 Å². The third kappa shape index (κ3) is 3.83. The lowest BCUT2D eigenvalue weighted by Crippen LogP contribution is -2.39. The number of halogens is 1. The first kappa shape index (κ1) is 15.5. The molecule has 2 rings (SSSR count). The molecule has 1 saturated carbocycles. The summed E-state index contributed by atoms with van der Waals surface area (Å²) in [4.78, 5) is 12.1. The van der Waals surface area contributed by atoms with Gasteiger partial charge < -0.3 is 11.1 Å². The van der Waals surface area contributed by atoms with Crippen LogP contribution >= 0.6 is 15.9 Å². The lowest BCUT2D eigenvalue weighted by atomic mass is 9.84. The summed E-state index contributed by atoms with van der Waals surface area (Å²) in [5.41, 5.74) is 7.02. The Morgan fingerprint density at radius 3 is 2.55 bits per heavy atom. The highest BCUT2D eigenvalue weighted by atomic mass is 79.9. The predicted molar refractivity (Wildman–Crippen MR) is 85.5 cm³/mol. The fourth-order valence-corrected chi connectivity index (χ4v) is 2.97. The van der Waals surface area contributed by atoms with Gasteiger partial charge in [-0.1, -0.05) is 41.9 Å². The van der Waals surface area contributed by atoms with Gasteiger partial charge in [0.15, 0.2) is 0 Å². The number of rotatable bonds is 4. The highest BCUT2D eigenvalue weighted by Crippen LogP contribution is 2.26. The fraction of sp³-hybridized carbons (Fsp3) is 0.562. The van der Waals surface area contributed by atoms with Crippen LogP contribution in [0, 0.1) is 5.92 Å². The molecule has 1 aliphatic rings. The number of nitrogens with one attached hydrogen (secondary N) is 1. The summed E-state index contributed by atoms with van der Waals surface area (Å²) in [6, 6.07) is 8.47. The van der Waals surface area contributed by atoms with Gasteiger partial charge in [0.1, 0.15) is 0 Å². The highest BCUT2D eigenvalue weighted by molar-refractivity contribution is 9.10. The van der Waals surface area contributed by atoms with Crippen LogP contribution in [0.4, 0.5) is 0 Å². The quantitative estimate of drug-likeness (QED) is 0.886. The summed E-state index contributed by atoms with van der Waals surface area (Å²) in [5.74, 6) is 0.258. The van der Waals surface area contributed by atoms with Crippen LogP contribution in [0.15, 0.2) is 28.7 Å². The van der Waals surface area contributed by atoms with Crippen LogP contribution in [0.2, 0.25) is 0 Å². The summed E-state index contributed by atoms with van der Waals surface area (Å²) in [6.45, 7) is 4.95. The molecule has 20 heavy (non-hydrogen) atoms. The van der Waals surface area contributed by atoms with E-state index in [1.165, 1.54) is 5.56 Å². The minimum atomic E-state index is -0.0723. The summed E-state index contributed by atoms with van der Waals surface area (Å²) in [7, 11) is 0. The van der Waals surface area contributed by atoms with Gasteiger partial charge in [-0.05, 0) is 37.0 Å². The van der Waals surface area contributed by atoms with Crippen molar-refractivity contribution in [3.8, 4) is 0 Å². The van der Waals surface area contributed by atoms with Crippen LogP contribution in [0.1, 0.15) is 38.7 Å². The van der Waals surface area contributed by atoms with Crippen LogP contribution in [0.3, 0.4) is 0 Å². The van der Waals surface area contributed by atoms with Gasteiger partial charge >= 0.3 is 0 Å². The fourth-order valence-electron chi connectivity index (χ4n) is 2.71. The van der Waals surface area contributed by atoms with Gasteiger partial charge in [-0.2, -0.15) is 0 Å². The molecule has 2 unspecified atom stereocenters. The van der Waals surface area contributed by atoms with E-state index in [1.54, 1.807) is 0 Å². The van der Waals surface area contributed by atoms with Crippen LogP contribution in [0.5, 0.6) is 0 Å². The minimum Gasteiger partial charge on any atom is -0.355 e. The normalized spacial score (nSPS) is 22.8. The third-order valence-corrected chi connectivity index (χ3v) is 4.70. The Bertz CT molecular complexity index is 470. The van der Waals surface area contributed by atoms with Gasteiger partial charge in [0.25, 0.3) is 0 Å². The first-order chi connectivity index (χ1) is 9.38. The Kier molecular flexibility index (Phi) is 4.86. The van der Waals surface area contributed by atoms with Gasteiger partial charge in [0, 0.05) is 28.4 Å². The van der Waals surface area contributed by atoms with E-state index in [4.69, 9.17) is 5.73 Å². The SMILES string of the molecule is CC(C)(CNC(=O)C1CCC(N)C1)c1ccc(Br)cc1. The smallest absolute Gasteiger partial charge is 0.223 e. The molecule has 3 N–H and O–H groups in total. The van der Waals surface area contributed by atoms with Gasteiger partial charge in [-0.15, -0.1) is 0 Å². The minimum absolute atomic E-state index is 0.0723. The zero-order valence-electron chi connectivity index (χ0n) is 12.2. The molecule has 0 bridgehead atoms. The molecule has 1 aromatic carbocycles. The van der Waals surface area contributed by atoms with Crippen LogP contribution in [-0.2, 0) is 10.2 Å². The van der Waals surface area contributed by atoms with E-state index in [9.17, 15) is 4.79 Å². The first-order valence-corrected chi connectivity index (χ1v) is 7.97. The van der Waals surface area contributed by atoms with Crippen molar-refractivity contribution in [2.75, 3.05) is 6.54 Å². The zero-order valence-corrected chi connectivity index (χ0v) is 13.7. The first-order valence-electron chi connectivity index (χ1n) is 7.18. The summed E-state index contributed by atoms with van der Waals surface area (Å²) >= 11 is 3.44. The average molecular weight is 339 g/mol. The second-order valence-corrected chi connectivity index (χ2v) is 7.29. The summed E-state index contributed by atoms with van der Waals surface area (Å²) in [5, 5.41) is 3.09. The van der Waals surface area contributed by atoms with Crippen molar-refractivity contribution in [2.45, 2.75) is 44.6 Å². The van der Waals surface area contributed by atoms with E-state index >= 15 is 0 Å². The Hall–Kier alpha value is -0.870. The Morgan fingerprint density at radius 2 is 2.00 bits per heavy atom. The maximum absolute atomic E-state index is 12.1.